The van der Waals surface area contributed by atoms with Gasteiger partial charge in [-0.2, -0.15) is 0 Å². The second-order valence-corrected chi connectivity index (χ2v) is 6.29. The number of nitro groups is 1. The van der Waals surface area contributed by atoms with Crippen molar-refractivity contribution in [1.82, 2.24) is 9.97 Å². The number of benzene rings is 3. The average molecular weight is 393 g/mol. The van der Waals surface area contributed by atoms with Crippen molar-refractivity contribution in [3.63, 3.8) is 0 Å². The summed E-state index contributed by atoms with van der Waals surface area (Å²) in [7, 11) is 1.52. The van der Waals surface area contributed by atoms with E-state index in [4.69, 9.17) is 9.47 Å². The fourth-order valence-electron chi connectivity index (χ4n) is 3.04. The van der Waals surface area contributed by atoms with Crippen LogP contribution in [-0.4, -0.2) is 22.0 Å². The van der Waals surface area contributed by atoms with E-state index in [1.165, 1.54) is 7.11 Å². The Morgan fingerprint density at radius 3 is 2.69 bits per heavy atom. The molecule has 0 radical (unpaired) electrons. The molecule has 8 heteroatoms. The van der Waals surface area contributed by atoms with Gasteiger partial charge >= 0.3 is 5.69 Å². The first kappa shape index (κ1) is 18.4. The van der Waals surface area contributed by atoms with Crippen molar-refractivity contribution in [2.45, 2.75) is 6.61 Å². The van der Waals surface area contributed by atoms with E-state index >= 15 is 0 Å². The number of aromatic nitrogens is 2. The minimum Gasteiger partial charge on any atom is -0.496 e. The number of nitro benzene ring substituents is 1. The highest BCUT2D eigenvalue weighted by molar-refractivity contribution is 5.79. The van der Waals surface area contributed by atoms with Gasteiger partial charge in [0.1, 0.15) is 24.0 Å². The predicted molar refractivity (Wildman–Crippen MR) is 105 cm³/mol. The topological polar surface area (TPSA) is 90.3 Å². The Balaban J connectivity index is 1.66. The second-order valence-electron chi connectivity index (χ2n) is 6.29. The van der Waals surface area contributed by atoms with Gasteiger partial charge in [-0.25, -0.2) is 9.37 Å². The minimum atomic E-state index is -0.617. The minimum absolute atomic E-state index is 0.0401. The number of rotatable bonds is 6. The van der Waals surface area contributed by atoms with E-state index in [-0.39, 0.29) is 18.0 Å². The molecule has 29 heavy (non-hydrogen) atoms. The van der Waals surface area contributed by atoms with Gasteiger partial charge in [0.25, 0.3) is 0 Å². The Hall–Kier alpha value is -3.94. The van der Waals surface area contributed by atoms with Crippen LogP contribution in [0.1, 0.15) is 5.56 Å². The smallest absolute Gasteiger partial charge is 0.311 e. The summed E-state index contributed by atoms with van der Waals surface area (Å²) in [6.07, 6.45) is 0. The van der Waals surface area contributed by atoms with Crippen LogP contribution in [0.3, 0.4) is 0 Å². The molecule has 0 aliphatic carbocycles. The molecule has 1 N–H and O–H groups in total. The number of ether oxygens (including phenoxy) is 2. The standard InChI is InChI=1S/C21H16FN3O4/c1-28-19-9-6-13(21-23-16-4-2-3-5-17(16)24-21)10-14(19)12-29-20-11-15(22)7-8-18(20)25(26)27/h2-11H,12H2,1H3,(H,23,24). The highest BCUT2D eigenvalue weighted by atomic mass is 19.1. The van der Waals surface area contributed by atoms with E-state index in [9.17, 15) is 14.5 Å². The molecule has 0 saturated heterocycles. The molecule has 0 atom stereocenters. The third kappa shape index (κ3) is 3.73. The molecule has 1 aromatic heterocycles. The molecule has 146 valence electrons. The SMILES string of the molecule is COc1ccc(-c2nc3ccccc3[nH]2)cc1COc1cc(F)ccc1[N+](=O)[O-]. The predicted octanol–water partition coefficient (Wildman–Crippen LogP) is 4.86. The lowest BCUT2D eigenvalue weighted by Crippen LogP contribution is -2.02. The zero-order chi connectivity index (χ0) is 20.4. The van der Waals surface area contributed by atoms with Crippen LogP contribution in [0.5, 0.6) is 11.5 Å². The quantitative estimate of drug-likeness (QED) is 0.373. The average Bonchev–Trinajstić information content (AvgIpc) is 3.16. The first-order valence-electron chi connectivity index (χ1n) is 8.74. The fraction of sp³-hybridized carbons (Fsp3) is 0.0952. The van der Waals surface area contributed by atoms with Crippen molar-refractivity contribution in [3.05, 3.63) is 82.2 Å². The number of para-hydroxylation sites is 2. The molecule has 0 fully saturated rings. The Morgan fingerprint density at radius 1 is 1.10 bits per heavy atom. The van der Waals surface area contributed by atoms with Crippen LogP contribution in [0.4, 0.5) is 10.1 Å². The zero-order valence-corrected chi connectivity index (χ0v) is 15.4. The summed E-state index contributed by atoms with van der Waals surface area (Å²) in [5.74, 6) is 0.454. The van der Waals surface area contributed by atoms with Crippen molar-refractivity contribution < 1.29 is 18.8 Å². The van der Waals surface area contributed by atoms with Crippen LogP contribution in [0.15, 0.2) is 60.7 Å². The van der Waals surface area contributed by atoms with Crippen LogP contribution in [0.25, 0.3) is 22.4 Å². The summed E-state index contributed by atoms with van der Waals surface area (Å²) >= 11 is 0. The fourth-order valence-corrected chi connectivity index (χ4v) is 3.04. The molecular weight excluding hydrogens is 377 g/mol. The first-order valence-corrected chi connectivity index (χ1v) is 8.74. The van der Waals surface area contributed by atoms with Crippen molar-refractivity contribution in [1.29, 1.82) is 0 Å². The van der Waals surface area contributed by atoms with Crippen LogP contribution in [-0.2, 0) is 6.61 Å². The number of methoxy groups -OCH3 is 1. The van der Waals surface area contributed by atoms with Gasteiger partial charge in [-0.05, 0) is 36.4 Å². The molecule has 0 saturated carbocycles. The number of hydrogen-bond donors (Lipinski definition) is 1. The van der Waals surface area contributed by atoms with Crippen LogP contribution >= 0.6 is 0 Å². The maximum atomic E-state index is 13.5. The molecule has 0 spiro atoms. The molecular formula is C21H16FN3O4. The number of nitrogens with zero attached hydrogens (tertiary/aromatic N) is 2. The number of nitrogens with one attached hydrogen (secondary N) is 1. The molecule has 4 rings (SSSR count). The molecule has 0 bridgehead atoms. The molecule has 7 nitrogen and oxygen atoms in total. The van der Waals surface area contributed by atoms with Gasteiger partial charge in [-0.3, -0.25) is 10.1 Å². The van der Waals surface area contributed by atoms with Gasteiger partial charge < -0.3 is 14.5 Å². The molecule has 0 aliphatic heterocycles. The number of imidazole rings is 1. The molecule has 4 aromatic rings. The summed E-state index contributed by atoms with van der Waals surface area (Å²) in [6.45, 7) is -0.0401. The normalized spacial score (nSPS) is 10.8. The van der Waals surface area contributed by atoms with Crippen molar-refractivity contribution in [2.24, 2.45) is 0 Å². The van der Waals surface area contributed by atoms with Gasteiger partial charge in [-0.15, -0.1) is 0 Å². The molecule has 3 aromatic carbocycles. The van der Waals surface area contributed by atoms with Crippen LogP contribution < -0.4 is 9.47 Å². The van der Waals surface area contributed by atoms with Gasteiger partial charge in [0, 0.05) is 23.3 Å². The van der Waals surface area contributed by atoms with Gasteiger partial charge in [0.2, 0.25) is 0 Å². The Morgan fingerprint density at radius 2 is 1.93 bits per heavy atom. The van der Waals surface area contributed by atoms with E-state index in [1.807, 2.05) is 36.4 Å². The summed E-state index contributed by atoms with van der Waals surface area (Å²) in [6, 6.07) is 16.2. The summed E-state index contributed by atoms with van der Waals surface area (Å²) in [5.41, 5.74) is 2.88. The van der Waals surface area contributed by atoms with Crippen LogP contribution in [0, 0.1) is 15.9 Å². The van der Waals surface area contributed by atoms with Gasteiger partial charge in [-0.1, -0.05) is 12.1 Å². The maximum Gasteiger partial charge on any atom is 0.311 e. The highest BCUT2D eigenvalue weighted by Crippen LogP contribution is 2.31. The Kier molecular flexibility index (Phi) is 4.82. The summed E-state index contributed by atoms with van der Waals surface area (Å²) in [4.78, 5) is 18.4. The second kappa shape index (κ2) is 7.59. The molecule has 1 heterocycles. The van der Waals surface area contributed by atoms with E-state index < -0.39 is 10.7 Å². The number of halogens is 1. The van der Waals surface area contributed by atoms with Crippen molar-refractivity contribution in [2.75, 3.05) is 7.11 Å². The van der Waals surface area contributed by atoms with E-state index in [0.717, 1.165) is 34.8 Å². The third-order valence-electron chi connectivity index (χ3n) is 4.44. The lowest BCUT2D eigenvalue weighted by Gasteiger charge is -2.12. The summed E-state index contributed by atoms with van der Waals surface area (Å²) < 4.78 is 24.5. The lowest BCUT2D eigenvalue weighted by molar-refractivity contribution is -0.386. The largest absolute Gasteiger partial charge is 0.496 e. The number of H-pyrrole nitrogens is 1. The van der Waals surface area contributed by atoms with E-state index in [1.54, 1.807) is 6.07 Å². The lowest BCUT2D eigenvalue weighted by atomic mass is 10.1. The Labute approximate surface area is 164 Å². The van der Waals surface area contributed by atoms with E-state index in [0.29, 0.717) is 17.1 Å². The number of aromatic amines is 1. The Bertz CT molecular complexity index is 1170. The van der Waals surface area contributed by atoms with E-state index in [2.05, 4.69) is 9.97 Å². The zero-order valence-electron chi connectivity index (χ0n) is 15.4. The molecule has 0 unspecified atom stereocenters. The van der Waals surface area contributed by atoms with Crippen LogP contribution in [0.2, 0.25) is 0 Å². The van der Waals surface area contributed by atoms with Crippen molar-refractivity contribution in [3.8, 4) is 22.9 Å². The third-order valence-corrected chi connectivity index (χ3v) is 4.44. The number of fused-ring (bicyclic) bond motifs is 1. The van der Waals surface area contributed by atoms with Gasteiger partial charge in [0.05, 0.1) is 23.1 Å². The molecule has 0 amide bonds. The van der Waals surface area contributed by atoms with Gasteiger partial charge in [0.15, 0.2) is 5.75 Å². The molecule has 0 aliphatic rings. The highest BCUT2D eigenvalue weighted by Gasteiger charge is 2.17. The monoisotopic (exact) mass is 393 g/mol. The maximum absolute atomic E-state index is 13.5. The first-order chi connectivity index (χ1) is 14.0. The summed E-state index contributed by atoms with van der Waals surface area (Å²) in [5, 5.41) is 11.2. The number of hydrogen-bond acceptors (Lipinski definition) is 5. The van der Waals surface area contributed by atoms with Crippen molar-refractivity contribution >= 4 is 16.7 Å².